The summed E-state index contributed by atoms with van der Waals surface area (Å²) in [6, 6.07) is 24.6. The first kappa shape index (κ1) is 17.1. The second-order valence-electron chi connectivity index (χ2n) is 6.71. The van der Waals surface area contributed by atoms with Crippen molar-refractivity contribution in [1.29, 1.82) is 0 Å². The lowest BCUT2D eigenvalue weighted by Gasteiger charge is -2.10. The Hall–Kier alpha value is -4.06. The summed E-state index contributed by atoms with van der Waals surface area (Å²) in [5.41, 5.74) is 3.07. The molecule has 0 spiro atoms. The first-order valence-electron chi connectivity index (χ1n) is 9.19. The van der Waals surface area contributed by atoms with Gasteiger partial charge in [-0.2, -0.15) is 0 Å². The minimum absolute atomic E-state index is 0.0858. The normalized spacial score (nSPS) is 11.1. The van der Waals surface area contributed by atoms with Gasteiger partial charge < -0.3 is 4.42 Å². The Morgan fingerprint density at radius 2 is 1.52 bits per heavy atom. The standard InChI is InChI=1S/C23H16N4O2/c1-15-11-13-17(14-12-15)21-25-26-23(29-21)27-20(16-7-3-2-4-8-16)24-19-10-6-5-9-18(19)22(27)28/h2-14H,1H3. The molecule has 5 aromatic rings. The number of aromatic nitrogens is 4. The van der Waals surface area contributed by atoms with Gasteiger partial charge in [0.05, 0.1) is 10.9 Å². The average Bonchev–Trinajstić information content (AvgIpc) is 3.24. The van der Waals surface area contributed by atoms with Gasteiger partial charge in [0.2, 0.25) is 5.89 Å². The summed E-state index contributed by atoms with van der Waals surface area (Å²) in [6.07, 6.45) is 0. The van der Waals surface area contributed by atoms with E-state index in [1.165, 1.54) is 4.57 Å². The fourth-order valence-electron chi connectivity index (χ4n) is 3.21. The highest BCUT2D eigenvalue weighted by Crippen LogP contribution is 2.24. The van der Waals surface area contributed by atoms with Crippen molar-refractivity contribution in [2.45, 2.75) is 6.92 Å². The lowest BCUT2D eigenvalue weighted by molar-refractivity contribution is 0.533. The van der Waals surface area contributed by atoms with Gasteiger partial charge in [-0.15, -0.1) is 5.10 Å². The molecule has 6 heteroatoms. The quantitative estimate of drug-likeness (QED) is 0.463. The molecule has 0 unspecified atom stereocenters. The smallest absolute Gasteiger partial charge is 0.331 e. The highest BCUT2D eigenvalue weighted by Gasteiger charge is 2.19. The van der Waals surface area contributed by atoms with E-state index in [4.69, 9.17) is 9.40 Å². The van der Waals surface area contributed by atoms with Crippen molar-refractivity contribution in [3.05, 3.63) is 94.8 Å². The van der Waals surface area contributed by atoms with Crippen LogP contribution in [0, 0.1) is 6.92 Å². The molecule has 0 N–H and O–H groups in total. The molecule has 0 saturated carbocycles. The lowest BCUT2D eigenvalue weighted by atomic mass is 10.1. The number of hydrogen-bond donors (Lipinski definition) is 0. The zero-order valence-electron chi connectivity index (χ0n) is 15.6. The molecular weight excluding hydrogens is 364 g/mol. The van der Waals surface area contributed by atoms with Crippen LogP contribution in [0.15, 0.2) is 88.1 Å². The molecule has 0 aliphatic carbocycles. The van der Waals surface area contributed by atoms with Gasteiger partial charge in [0, 0.05) is 11.1 Å². The van der Waals surface area contributed by atoms with Crippen LogP contribution in [0.1, 0.15) is 5.56 Å². The lowest BCUT2D eigenvalue weighted by Crippen LogP contribution is -2.22. The Balaban J connectivity index is 1.75. The van der Waals surface area contributed by atoms with Crippen LogP contribution in [0.3, 0.4) is 0 Å². The molecule has 5 rings (SSSR count). The summed E-state index contributed by atoms with van der Waals surface area (Å²) in [4.78, 5) is 18.0. The molecule has 0 saturated heterocycles. The van der Waals surface area contributed by atoms with E-state index in [0.29, 0.717) is 22.6 Å². The molecular formula is C23H16N4O2. The van der Waals surface area contributed by atoms with E-state index >= 15 is 0 Å². The molecule has 0 fully saturated rings. The summed E-state index contributed by atoms with van der Waals surface area (Å²) in [5.74, 6) is 0.799. The third kappa shape index (κ3) is 3.00. The maximum atomic E-state index is 13.3. The van der Waals surface area contributed by atoms with E-state index in [0.717, 1.165) is 16.7 Å². The predicted octanol–water partition coefficient (Wildman–Crippen LogP) is 4.41. The Morgan fingerprint density at radius 1 is 0.793 bits per heavy atom. The van der Waals surface area contributed by atoms with E-state index in [1.807, 2.05) is 79.7 Å². The number of rotatable bonds is 3. The third-order valence-electron chi connectivity index (χ3n) is 4.71. The van der Waals surface area contributed by atoms with Crippen LogP contribution in [0.25, 0.3) is 39.8 Å². The van der Waals surface area contributed by atoms with Crippen LogP contribution in [-0.4, -0.2) is 19.7 Å². The molecule has 3 aromatic carbocycles. The van der Waals surface area contributed by atoms with E-state index in [-0.39, 0.29) is 11.6 Å². The highest BCUT2D eigenvalue weighted by molar-refractivity contribution is 5.80. The number of aryl methyl sites for hydroxylation is 1. The number of hydrogen-bond acceptors (Lipinski definition) is 5. The zero-order chi connectivity index (χ0) is 19.8. The molecule has 2 heterocycles. The number of para-hydroxylation sites is 1. The van der Waals surface area contributed by atoms with Crippen molar-refractivity contribution < 1.29 is 4.42 Å². The molecule has 0 radical (unpaired) electrons. The van der Waals surface area contributed by atoms with Crippen LogP contribution in [0.2, 0.25) is 0 Å². The average molecular weight is 380 g/mol. The van der Waals surface area contributed by atoms with Gasteiger partial charge in [-0.25, -0.2) is 9.55 Å². The number of benzene rings is 3. The van der Waals surface area contributed by atoms with Gasteiger partial charge in [-0.05, 0) is 31.2 Å². The molecule has 2 aromatic heterocycles. The van der Waals surface area contributed by atoms with Crippen LogP contribution in [0.5, 0.6) is 0 Å². The summed E-state index contributed by atoms with van der Waals surface area (Å²) in [7, 11) is 0. The fourth-order valence-corrected chi connectivity index (χ4v) is 3.21. The molecule has 0 aliphatic rings. The second-order valence-corrected chi connectivity index (χ2v) is 6.71. The van der Waals surface area contributed by atoms with Gasteiger partial charge in [-0.1, -0.05) is 65.3 Å². The van der Waals surface area contributed by atoms with Crippen LogP contribution < -0.4 is 5.56 Å². The monoisotopic (exact) mass is 380 g/mol. The number of nitrogens with zero attached hydrogens (tertiary/aromatic N) is 4. The second kappa shape index (κ2) is 6.83. The summed E-state index contributed by atoms with van der Waals surface area (Å²) < 4.78 is 7.27. The minimum atomic E-state index is -0.256. The third-order valence-corrected chi connectivity index (χ3v) is 4.71. The van der Waals surface area contributed by atoms with E-state index in [9.17, 15) is 4.79 Å². The van der Waals surface area contributed by atoms with Crippen molar-refractivity contribution in [2.75, 3.05) is 0 Å². The largest absolute Gasteiger partial charge is 0.403 e. The highest BCUT2D eigenvalue weighted by atomic mass is 16.4. The van der Waals surface area contributed by atoms with Crippen LogP contribution >= 0.6 is 0 Å². The van der Waals surface area contributed by atoms with E-state index in [2.05, 4.69) is 10.2 Å². The molecule has 0 aliphatic heterocycles. The minimum Gasteiger partial charge on any atom is -0.403 e. The van der Waals surface area contributed by atoms with Gasteiger partial charge in [-0.3, -0.25) is 4.79 Å². The van der Waals surface area contributed by atoms with Crippen LogP contribution in [0.4, 0.5) is 0 Å². The van der Waals surface area contributed by atoms with E-state index < -0.39 is 0 Å². The molecule has 29 heavy (non-hydrogen) atoms. The molecule has 6 nitrogen and oxygen atoms in total. The van der Waals surface area contributed by atoms with E-state index in [1.54, 1.807) is 6.07 Å². The summed E-state index contributed by atoms with van der Waals surface area (Å²) >= 11 is 0. The molecule has 140 valence electrons. The van der Waals surface area contributed by atoms with Crippen LogP contribution in [-0.2, 0) is 0 Å². The Bertz CT molecular complexity index is 1370. The summed E-state index contributed by atoms with van der Waals surface area (Å²) in [5, 5.41) is 8.78. The maximum absolute atomic E-state index is 13.3. The van der Waals surface area contributed by atoms with Crippen molar-refractivity contribution in [3.8, 4) is 28.9 Å². The molecule has 0 amide bonds. The maximum Gasteiger partial charge on any atom is 0.331 e. The first-order chi connectivity index (χ1) is 14.2. The van der Waals surface area contributed by atoms with Gasteiger partial charge in [0.25, 0.3) is 5.56 Å². The molecule has 0 atom stereocenters. The van der Waals surface area contributed by atoms with Crippen molar-refractivity contribution >= 4 is 10.9 Å². The van der Waals surface area contributed by atoms with Gasteiger partial charge in [0.15, 0.2) is 5.82 Å². The van der Waals surface area contributed by atoms with Gasteiger partial charge >= 0.3 is 6.01 Å². The van der Waals surface area contributed by atoms with Crippen molar-refractivity contribution in [2.24, 2.45) is 0 Å². The fraction of sp³-hybridized carbons (Fsp3) is 0.0435. The zero-order valence-corrected chi connectivity index (χ0v) is 15.6. The Labute approximate surface area is 166 Å². The van der Waals surface area contributed by atoms with Gasteiger partial charge in [0.1, 0.15) is 0 Å². The predicted molar refractivity (Wildman–Crippen MR) is 111 cm³/mol. The topological polar surface area (TPSA) is 73.8 Å². The summed E-state index contributed by atoms with van der Waals surface area (Å²) in [6.45, 7) is 2.01. The SMILES string of the molecule is Cc1ccc(-c2nnc(-n3c(-c4ccccc4)nc4ccccc4c3=O)o2)cc1. The Kier molecular flexibility index (Phi) is 4.02. The van der Waals surface area contributed by atoms with Crippen molar-refractivity contribution in [3.63, 3.8) is 0 Å². The first-order valence-corrected chi connectivity index (χ1v) is 9.19. The molecule has 0 bridgehead atoms. The number of fused-ring (bicyclic) bond motifs is 1. The van der Waals surface area contributed by atoms with Crippen molar-refractivity contribution in [1.82, 2.24) is 19.7 Å². The Morgan fingerprint density at radius 3 is 2.31 bits per heavy atom.